The van der Waals surface area contributed by atoms with Gasteiger partial charge in [-0.05, 0) is 43.4 Å². The van der Waals surface area contributed by atoms with Gasteiger partial charge in [0.15, 0.2) is 0 Å². The molecule has 0 bridgehead atoms. The number of rotatable bonds is 4. The fraction of sp³-hybridized carbons (Fsp3) is 0.500. The Labute approximate surface area is 123 Å². The number of halogens is 1. The second kappa shape index (κ2) is 6.24. The monoisotopic (exact) mass is 293 g/mol. The Morgan fingerprint density at radius 2 is 2.00 bits per heavy atom. The number of nitrogens with one attached hydrogen (secondary N) is 1. The normalized spacial score (nSPS) is 24.8. The number of benzene rings is 1. The number of carbonyl (C=O) groups is 2. The number of carbonyl (C=O) groups excluding carboxylic acids is 1. The lowest BCUT2D eigenvalue weighted by atomic mass is 9.95. The average Bonchev–Trinajstić information content (AvgIpc) is 2.87. The Balaban J connectivity index is 2.15. The molecule has 0 radical (unpaired) electrons. The van der Waals surface area contributed by atoms with Crippen LogP contribution in [0.1, 0.15) is 31.7 Å². The van der Waals surface area contributed by atoms with Crippen LogP contribution in [0.4, 0.5) is 10.1 Å². The molecule has 4 nitrogen and oxygen atoms in total. The molecule has 2 N–H and O–H groups in total. The van der Waals surface area contributed by atoms with Crippen molar-refractivity contribution in [3.05, 3.63) is 29.6 Å². The topological polar surface area (TPSA) is 66.4 Å². The summed E-state index contributed by atoms with van der Waals surface area (Å²) in [6.07, 6.45) is 1.92. The molecular formula is C16H20FNO3. The number of hydrogen-bond acceptors (Lipinski definition) is 2. The van der Waals surface area contributed by atoms with Gasteiger partial charge in [-0.2, -0.15) is 0 Å². The number of hydrogen-bond donors (Lipinski definition) is 2. The van der Waals surface area contributed by atoms with Crippen molar-refractivity contribution in [1.29, 1.82) is 0 Å². The Morgan fingerprint density at radius 1 is 1.33 bits per heavy atom. The van der Waals surface area contributed by atoms with Crippen molar-refractivity contribution in [2.75, 3.05) is 5.32 Å². The van der Waals surface area contributed by atoms with E-state index in [4.69, 9.17) is 0 Å². The van der Waals surface area contributed by atoms with Gasteiger partial charge < -0.3 is 10.4 Å². The van der Waals surface area contributed by atoms with E-state index in [0.717, 1.165) is 12.0 Å². The van der Waals surface area contributed by atoms with Crippen molar-refractivity contribution in [2.45, 2.75) is 33.1 Å². The van der Waals surface area contributed by atoms with Gasteiger partial charge in [0, 0.05) is 0 Å². The molecule has 0 aromatic heterocycles. The summed E-state index contributed by atoms with van der Waals surface area (Å²) in [5.41, 5.74) is 0.948. The van der Waals surface area contributed by atoms with E-state index in [1.54, 1.807) is 19.1 Å². The minimum absolute atomic E-state index is 0.115. The SMILES string of the molecule is CCC1CC(C(=O)O)C(C(=O)Nc2cc(C)ccc2F)C1. The van der Waals surface area contributed by atoms with Gasteiger partial charge in [-0.3, -0.25) is 9.59 Å². The van der Waals surface area contributed by atoms with Gasteiger partial charge in [-0.1, -0.05) is 19.4 Å². The van der Waals surface area contributed by atoms with Crippen molar-refractivity contribution >= 4 is 17.6 Å². The van der Waals surface area contributed by atoms with Crippen LogP contribution >= 0.6 is 0 Å². The summed E-state index contributed by atoms with van der Waals surface area (Å²) < 4.78 is 13.7. The summed E-state index contributed by atoms with van der Waals surface area (Å²) in [4.78, 5) is 23.6. The molecule has 1 saturated carbocycles. The highest BCUT2D eigenvalue weighted by Crippen LogP contribution is 2.39. The lowest BCUT2D eigenvalue weighted by Gasteiger charge is -2.16. The molecule has 3 unspecified atom stereocenters. The van der Waals surface area contributed by atoms with E-state index in [2.05, 4.69) is 5.32 Å². The number of carboxylic acid groups (broad SMARTS) is 1. The zero-order valence-corrected chi connectivity index (χ0v) is 12.2. The van der Waals surface area contributed by atoms with Crippen LogP contribution in [0.25, 0.3) is 0 Å². The highest BCUT2D eigenvalue weighted by atomic mass is 19.1. The molecule has 1 amide bonds. The molecule has 1 aromatic rings. The summed E-state index contributed by atoms with van der Waals surface area (Å²) in [6, 6.07) is 4.46. The number of aliphatic carboxylic acids is 1. The molecule has 114 valence electrons. The van der Waals surface area contributed by atoms with Crippen LogP contribution < -0.4 is 5.32 Å². The first-order valence-electron chi connectivity index (χ1n) is 7.22. The molecule has 1 fully saturated rings. The highest BCUT2D eigenvalue weighted by molar-refractivity contribution is 5.95. The van der Waals surface area contributed by atoms with Gasteiger partial charge in [0.25, 0.3) is 0 Å². The molecule has 1 aromatic carbocycles. The van der Waals surface area contributed by atoms with Crippen molar-refractivity contribution in [3.63, 3.8) is 0 Å². The molecule has 0 spiro atoms. The predicted octanol–water partition coefficient (Wildman–Crippen LogP) is 3.21. The summed E-state index contributed by atoms with van der Waals surface area (Å²) >= 11 is 0. The maximum atomic E-state index is 13.7. The molecular weight excluding hydrogens is 273 g/mol. The first-order chi connectivity index (χ1) is 9.92. The van der Waals surface area contributed by atoms with Crippen LogP contribution in [0.5, 0.6) is 0 Å². The third-order valence-corrected chi connectivity index (χ3v) is 4.27. The van der Waals surface area contributed by atoms with Crippen molar-refractivity contribution in [1.82, 2.24) is 0 Å². The highest BCUT2D eigenvalue weighted by Gasteiger charge is 2.42. The fourth-order valence-electron chi connectivity index (χ4n) is 3.00. The van der Waals surface area contributed by atoms with E-state index in [-0.39, 0.29) is 11.6 Å². The Kier molecular flexibility index (Phi) is 4.60. The first kappa shape index (κ1) is 15.5. The number of anilines is 1. The standard InChI is InChI=1S/C16H20FNO3/c1-3-10-7-11(12(8-10)16(20)21)15(19)18-14-6-9(2)4-5-13(14)17/h4-6,10-12H,3,7-8H2,1-2H3,(H,18,19)(H,20,21). The Bertz CT molecular complexity index is 558. The summed E-state index contributed by atoms with van der Waals surface area (Å²) in [7, 11) is 0. The quantitative estimate of drug-likeness (QED) is 0.895. The van der Waals surface area contributed by atoms with Crippen LogP contribution in [0.15, 0.2) is 18.2 Å². The van der Waals surface area contributed by atoms with E-state index < -0.39 is 29.5 Å². The van der Waals surface area contributed by atoms with Crippen LogP contribution in [0.2, 0.25) is 0 Å². The minimum Gasteiger partial charge on any atom is -0.481 e. The zero-order chi connectivity index (χ0) is 15.6. The number of aryl methyl sites for hydroxylation is 1. The summed E-state index contributed by atoms with van der Waals surface area (Å²) in [5.74, 6) is -2.89. The molecule has 0 heterocycles. The molecule has 1 aliphatic rings. The minimum atomic E-state index is -0.948. The third-order valence-electron chi connectivity index (χ3n) is 4.27. The van der Waals surface area contributed by atoms with Crippen LogP contribution in [0, 0.1) is 30.5 Å². The predicted molar refractivity (Wildman–Crippen MR) is 77.4 cm³/mol. The summed E-state index contributed by atoms with van der Waals surface area (Å²) in [6.45, 7) is 3.79. The second-order valence-electron chi connectivity index (χ2n) is 5.77. The van der Waals surface area contributed by atoms with E-state index in [9.17, 15) is 19.1 Å². The van der Waals surface area contributed by atoms with Gasteiger partial charge in [0.2, 0.25) is 5.91 Å². The molecule has 0 aliphatic heterocycles. The van der Waals surface area contributed by atoms with Crippen molar-refractivity contribution < 1.29 is 19.1 Å². The molecule has 21 heavy (non-hydrogen) atoms. The average molecular weight is 293 g/mol. The van der Waals surface area contributed by atoms with Gasteiger partial charge in [-0.25, -0.2) is 4.39 Å². The summed E-state index contributed by atoms with van der Waals surface area (Å²) in [5, 5.41) is 11.8. The van der Waals surface area contributed by atoms with E-state index >= 15 is 0 Å². The van der Waals surface area contributed by atoms with Crippen LogP contribution in [-0.4, -0.2) is 17.0 Å². The molecule has 2 rings (SSSR count). The Hall–Kier alpha value is -1.91. The van der Waals surface area contributed by atoms with Gasteiger partial charge >= 0.3 is 5.97 Å². The second-order valence-corrected chi connectivity index (χ2v) is 5.77. The molecule has 1 aliphatic carbocycles. The lowest BCUT2D eigenvalue weighted by molar-refractivity contribution is -0.145. The van der Waals surface area contributed by atoms with Gasteiger partial charge in [-0.15, -0.1) is 0 Å². The zero-order valence-electron chi connectivity index (χ0n) is 12.2. The van der Waals surface area contributed by atoms with E-state index in [0.29, 0.717) is 12.8 Å². The largest absolute Gasteiger partial charge is 0.481 e. The molecule has 5 heteroatoms. The number of carboxylic acids is 1. The lowest BCUT2D eigenvalue weighted by Crippen LogP contribution is -2.30. The molecule has 0 saturated heterocycles. The molecule has 3 atom stereocenters. The smallest absolute Gasteiger partial charge is 0.307 e. The Morgan fingerprint density at radius 3 is 2.62 bits per heavy atom. The van der Waals surface area contributed by atoms with E-state index in [1.165, 1.54) is 6.07 Å². The van der Waals surface area contributed by atoms with Gasteiger partial charge in [0.1, 0.15) is 5.82 Å². The number of amides is 1. The van der Waals surface area contributed by atoms with Crippen molar-refractivity contribution in [3.8, 4) is 0 Å². The fourth-order valence-corrected chi connectivity index (χ4v) is 3.00. The van der Waals surface area contributed by atoms with Gasteiger partial charge in [0.05, 0.1) is 17.5 Å². The maximum Gasteiger partial charge on any atom is 0.307 e. The first-order valence-corrected chi connectivity index (χ1v) is 7.22. The maximum absolute atomic E-state index is 13.7. The van der Waals surface area contributed by atoms with Crippen LogP contribution in [0.3, 0.4) is 0 Å². The van der Waals surface area contributed by atoms with Crippen molar-refractivity contribution in [2.24, 2.45) is 17.8 Å². The van der Waals surface area contributed by atoms with E-state index in [1.807, 2.05) is 6.92 Å². The third kappa shape index (κ3) is 3.40. The van der Waals surface area contributed by atoms with Crippen LogP contribution in [-0.2, 0) is 9.59 Å².